The highest BCUT2D eigenvalue weighted by atomic mass is 35.5. The Kier molecular flexibility index (Phi) is 4.23. The van der Waals surface area contributed by atoms with E-state index in [9.17, 15) is 22.8 Å². The van der Waals surface area contributed by atoms with E-state index in [2.05, 4.69) is 9.72 Å². The summed E-state index contributed by atoms with van der Waals surface area (Å²) in [7, 11) is 0. The number of aliphatic carboxylic acids is 1. The highest BCUT2D eigenvalue weighted by Crippen LogP contribution is 2.27. The van der Waals surface area contributed by atoms with Crippen LogP contribution in [-0.2, 0) is 17.1 Å². The SMILES string of the molecule is O=C(O)Cc1[nH]c(=O)cc(OC(F)(F)F)c1CCl. The van der Waals surface area contributed by atoms with Gasteiger partial charge in [-0.1, -0.05) is 0 Å². The minimum atomic E-state index is -4.99. The van der Waals surface area contributed by atoms with Crippen LogP contribution >= 0.6 is 11.6 Å². The summed E-state index contributed by atoms with van der Waals surface area (Å²) in [5.41, 5.74) is -1.33. The maximum atomic E-state index is 12.1. The van der Waals surface area contributed by atoms with Gasteiger partial charge < -0.3 is 14.8 Å². The summed E-state index contributed by atoms with van der Waals surface area (Å²) in [6.07, 6.45) is -5.65. The van der Waals surface area contributed by atoms with E-state index in [0.717, 1.165) is 0 Å². The van der Waals surface area contributed by atoms with E-state index < -0.39 is 35.9 Å². The number of carbonyl (C=O) groups is 1. The predicted octanol–water partition coefficient (Wildman–Crippen LogP) is 1.64. The Morgan fingerprint density at radius 2 is 2.11 bits per heavy atom. The summed E-state index contributed by atoms with van der Waals surface area (Å²) in [4.78, 5) is 23.7. The number of rotatable bonds is 4. The number of aromatic nitrogens is 1. The lowest BCUT2D eigenvalue weighted by Gasteiger charge is -2.13. The van der Waals surface area contributed by atoms with Gasteiger partial charge in [0.1, 0.15) is 5.75 Å². The standard InChI is InChI=1S/C9H7ClF3NO4/c10-3-4-5(1-8(16)17)14-7(15)2-6(4)18-9(11,12)13/h2H,1,3H2,(H,14,15)(H,16,17). The summed E-state index contributed by atoms with van der Waals surface area (Å²) in [5.74, 6) is -2.54. The van der Waals surface area contributed by atoms with Gasteiger partial charge in [0.25, 0.3) is 5.56 Å². The zero-order valence-electron chi connectivity index (χ0n) is 8.68. The van der Waals surface area contributed by atoms with Gasteiger partial charge in [0.2, 0.25) is 0 Å². The van der Waals surface area contributed by atoms with E-state index in [-0.39, 0.29) is 11.3 Å². The number of carboxylic acid groups (broad SMARTS) is 1. The molecule has 2 N–H and O–H groups in total. The number of pyridine rings is 1. The van der Waals surface area contributed by atoms with Gasteiger partial charge in [0.15, 0.2) is 0 Å². The fraction of sp³-hybridized carbons (Fsp3) is 0.333. The minimum absolute atomic E-state index is 0.212. The molecule has 0 saturated heterocycles. The second-order valence-corrected chi connectivity index (χ2v) is 3.47. The second kappa shape index (κ2) is 5.30. The zero-order chi connectivity index (χ0) is 13.9. The molecule has 0 aliphatic heterocycles. The van der Waals surface area contributed by atoms with Crippen LogP contribution < -0.4 is 10.3 Å². The molecule has 0 aromatic carbocycles. The fourth-order valence-corrected chi connectivity index (χ4v) is 1.57. The Bertz CT molecular complexity index is 512. The molecule has 0 radical (unpaired) electrons. The van der Waals surface area contributed by atoms with Crippen molar-refractivity contribution >= 4 is 17.6 Å². The van der Waals surface area contributed by atoms with E-state index in [1.54, 1.807) is 0 Å². The van der Waals surface area contributed by atoms with E-state index >= 15 is 0 Å². The van der Waals surface area contributed by atoms with Crippen LogP contribution in [0.3, 0.4) is 0 Å². The molecule has 0 spiro atoms. The van der Waals surface area contributed by atoms with Crippen LogP contribution in [0.1, 0.15) is 11.3 Å². The summed E-state index contributed by atoms with van der Waals surface area (Å²) in [6.45, 7) is 0. The fourth-order valence-electron chi connectivity index (χ4n) is 1.28. The molecule has 18 heavy (non-hydrogen) atoms. The highest BCUT2D eigenvalue weighted by molar-refractivity contribution is 6.17. The molecule has 0 unspecified atom stereocenters. The summed E-state index contributed by atoms with van der Waals surface area (Å²) in [5, 5.41) is 8.57. The normalized spacial score (nSPS) is 11.3. The molecular weight excluding hydrogens is 279 g/mol. The molecule has 0 aliphatic rings. The molecule has 0 aliphatic carbocycles. The molecule has 0 bridgehead atoms. The quantitative estimate of drug-likeness (QED) is 0.824. The maximum absolute atomic E-state index is 12.1. The first-order valence-electron chi connectivity index (χ1n) is 4.51. The van der Waals surface area contributed by atoms with Crippen LogP contribution in [0.15, 0.2) is 10.9 Å². The number of carboxylic acids is 1. The molecule has 0 fully saturated rings. The lowest BCUT2D eigenvalue weighted by atomic mass is 10.1. The van der Waals surface area contributed by atoms with E-state index in [1.165, 1.54) is 0 Å². The van der Waals surface area contributed by atoms with Crippen molar-refractivity contribution in [3.63, 3.8) is 0 Å². The van der Waals surface area contributed by atoms with Crippen LogP contribution in [0.25, 0.3) is 0 Å². The number of hydrogen-bond acceptors (Lipinski definition) is 3. The number of hydrogen-bond donors (Lipinski definition) is 2. The first kappa shape index (κ1) is 14.4. The lowest BCUT2D eigenvalue weighted by Crippen LogP contribution is -2.22. The van der Waals surface area contributed by atoms with Gasteiger partial charge in [-0.25, -0.2) is 0 Å². The van der Waals surface area contributed by atoms with Gasteiger partial charge in [-0.05, 0) is 0 Å². The number of nitrogens with one attached hydrogen (secondary N) is 1. The highest BCUT2D eigenvalue weighted by Gasteiger charge is 2.33. The maximum Gasteiger partial charge on any atom is 0.573 e. The van der Waals surface area contributed by atoms with Gasteiger partial charge in [-0.3, -0.25) is 9.59 Å². The van der Waals surface area contributed by atoms with Gasteiger partial charge in [0, 0.05) is 17.3 Å². The second-order valence-electron chi connectivity index (χ2n) is 3.21. The van der Waals surface area contributed by atoms with Gasteiger partial charge >= 0.3 is 12.3 Å². The zero-order valence-corrected chi connectivity index (χ0v) is 9.43. The molecule has 1 rings (SSSR count). The topological polar surface area (TPSA) is 79.4 Å². The molecule has 1 heterocycles. The Hall–Kier alpha value is -1.70. The number of ether oxygens (including phenoxy) is 1. The van der Waals surface area contributed by atoms with E-state index in [0.29, 0.717) is 6.07 Å². The smallest absolute Gasteiger partial charge is 0.481 e. The predicted molar refractivity (Wildman–Crippen MR) is 54.6 cm³/mol. The molecule has 0 amide bonds. The number of H-pyrrole nitrogens is 1. The van der Waals surface area contributed by atoms with Crippen molar-refractivity contribution in [3.8, 4) is 5.75 Å². The van der Waals surface area contributed by atoms with Crippen LogP contribution in [0.5, 0.6) is 5.75 Å². The third kappa shape index (κ3) is 3.95. The van der Waals surface area contributed by atoms with E-state index in [4.69, 9.17) is 16.7 Å². The third-order valence-electron chi connectivity index (χ3n) is 1.89. The lowest BCUT2D eigenvalue weighted by molar-refractivity contribution is -0.274. The molecule has 100 valence electrons. The van der Waals surface area contributed by atoms with Gasteiger partial charge in [-0.15, -0.1) is 24.8 Å². The first-order chi connectivity index (χ1) is 8.23. The largest absolute Gasteiger partial charge is 0.573 e. The Morgan fingerprint density at radius 1 is 1.50 bits per heavy atom. The van der Waals surface area contributed by atoms with Crippen LogP contribution in [0.2, 0.25) is 0 Å². The van der Waals surface area contributed by atoms with E-state index in [1.807, 2.05) is 0 Å². The number of alkyl halides is 4. The number of aromatic amines is 1. The van der Waals surface area contributed by atoms with Crippen molar-refractivity contribution in [2.45, 2.75) is 18.7 Å². The van der Waals surface area contributed by atoms with Crippen LogP contribution in [-0.4, -0.2) is 22.4 Å². The van der Waals surface area contributed by atoms with Crippen molar-refractivity contribution in [2.24, 2.45) is 0 Å². The summed E-state index contributed by atoms with van der Waals surface area (Å²) < 4.78 is 39.9. The third-order valence-corrected chi connectivity index (χ3v) is 2.15. The van der Waals surface area contributed by atoms with Crippen molar-refractivity contribution in [1.29, 1.82) is 0 Å². The van der Waals surface area contributed by atoms with Crippen molar-refractivity contribution in [1.82, 2.24) is 4.98 Å². The van der Waals surface area contributed by atoms with Crippen molar-refractivity contribution in [2.75, 3.05) is 0 Å². The summed E-state index contributed by atoms with van der Waals surface area (Å²) in [6, 6.07) is 0.566. The first-order valence-corrected chi connectivity index (χ1v) is 5.05. The molecule has 1 aromatic rings. The monoisotopic (exact) mass is 285 g/mol. The molecule has 9 heteroatoms. The molecular formula is C9H7ClF3NO4. The van der Waals surface area contributed by atoms with Crippen LogP contribution in [0.4, 0.5) is 13.2 Å². The Labute approximate surface area is 103 Å². The minimum Gasteiger partial charge on any atom is -0.481 e. The Morgan fingerprint density at radius 3 is 2.56 bits per heavy atom. The molecule has 0 saturated carbocycles. The van der Waals surface area contributed by atoms with Crippen LogP contribution in [0, 0.1) is 0 Å². The summed E-state index contributed by atoms with van der Waals surface area (Å²) >= 11 is 5.44. The average Bonchev–Trinajstić information content (AvgIpc) is 2.13. The van der Waals surface area contributed by atoms with Gasteiger partial charge in [-0.2, -0.15) is 0 Å². The molecule has 5 nitrogen and oxygen atoms in total. The molecule has 1 aromatic heterocycles. The molecule has 0 atom stereocenters. The Balaban J connectivity index is 3.28. The van der Waals surface area contributed by atoms with Crippen molar-refractivity contribution in [3.05, 3.63) is 27.7 Å². The number of halogens is 4. The average molecular weight is 286 g/mol. The van der Waals surface area contributed by atoms with Gasteiger partial charge in [0.05, 0.1) is 12.3 Å². The van der Waals surface area contributed by atoms with Crippen molar-refractivity contribution < 1.29 is 27.8 Å².